The van der Waals surface area contributed by atoms with E-state index in [0.29, 0.717) is 11.4 Å². The van der Waals surface area contributed by atoms with Gasteiger partial charge in [0.15, 0.2) is 0 Å². The number of pyridine rings is 1. The third-order valence-corrected chi connectivity index (χ3v) is 3.61. The maximum atomic E-state index is 11.8. The monoisotopic (exact) mass is 247 g/mol. The highest BCUT2D eigenvalue weighted by Crippen LogP contribution is 2.25. The van der Waals surface area contributed by atoms with Crippen LogP contribution in [0.2, 0.25) is 0 Å². The van der Waals surface area contributed by atoms with Crippen molar-refractivity contribution in [2.24, 2.45) is 5.92 Å². The van der Waals surface area contributed by atoms with Gasteiger partial charge in [0.1, 0.15) is 5.82 Å². The van der Waals surface area contributed by atoms with Crippen LogP contribution < -0.4 is 11.1 Å². The number of carbonyl (C=O) groups is 1. The molecule has 18 heavy (non-hydrogen) atoms. The minimum atomic E-state index is -0.0571. The Bertz CT molecular complexity index is 383. The molecule has 1 heterocycles. The van der Waals surface area contributed by atoms with Gasteiger partial charge in [-0.2, -0.15) is 0 Å². The van der Waals surface area contributed by atoms with E-state index in [2.05, 4.69) is 10.3 Å². The van der Waals surface area contributed by atoms with Crippen LogP contribution in [-0.4, -0.2) is 17.4 Å². The number of nitrogens with two attached hydrogens (primary N) is 1. The molecule has 1 fully saturated rings. The van der Waals surface area contributed by atoms with Crippen LogP contribution in [0, 0.1) is 5.92 Å². The summed E-state index contributed by atoms with van der Waals surface area (Å²) < 4.78 is 0. The van der Waals surface area contributed by atoms with Gasteiger partial charge in [0.05, 0.1) is 5.56 Å². The molecular weight excluding hydrogens is 226 g/mol. The zero-order chi connectivity index (χ0) is 12.8. The SMILES string of the molecule is Nc1ccc(C(=O)NCCC2CCCCC2)cn1. The molecular formula is C14H21N3O. The minimum Gasteiger partial charge on any atom is -0.384 e. The van der Waals surface area contributed by atoms with Gasteiger partial charge in [-0.25, -0.2) is 4.98 Å². The smallest absolute Gasteiger partial charge is 0.252 e. The molecule has 1 aliphatic carbocycles. The molecule has 1 aromatic rings. The first-order chi connectivity index (χ1) is 8.75. The number of nitrogens with one attached hydrogen (secondary N) is 1. The second-order valence-corrected chi connectivity index (χ2v) is 5.02. The Morgan fingerprint density at radius 3 is 2.78 bits per heavy atom. The predicted octanol–water partition coefficient (Wildman–Crippen LogP) is 2.36. The number of amides is 1. The lowest BCUT2D eigenvalue weighted by Gasteiger charge is -2.21. The standard InChI is InChI=1S/C14H21N3O/c15-13-7-6-12(10-17-13)14(18)16-9-8-11-4-2-1-3-5-11/h6-7,10-11H,1-5,8-9H2,(H2,15,17)(H,16,18). The first-order valence-electron chi connectivity index (χ1n) is 6.75. The molecule has 1 aromatic heterocycles. The van der Waals surface area contributed by atoms with Crippen molar-refractivity contribution in [3.63, 3.8) is 0 Å². The quantitative estimate of drug-likeness (QED) is 0.858. The molecule has 0 bridgehead atoms. The van der Waals surface area contributed by atoms with Crippen molar-refractivity contribution in [1.82, 2.24) is 10.3 Å². The Morgan fingerprint density at radius 1 is 1.33 bits per heavy atom. The normalized spacial score (nSPS) is 16.4. The second kappa shape index (κ2) is 6.38. The highest BCUT2D eigenvalue weighted by molar-refractivity contribution is 5.93. The van der Waals surface area contributed by atoms with Gasteiger partial charge in [0.25, 0.3) is 5.91 Å². The molecule has 2 rings (SSSR count). The molecule has 0 aliphatic heterocycles. The van der Waals surface area contributed by atoms with Crippen LogP contribution in [-0.2, 0) is 0 Å². The minimum absolute atomic E-state index is 0.0571. The first-order valence-corrected chi connectivity index (χ1v) is 6.75. The molecule has 0 radical (unpaired) electrons. The maximum Gasteiger partial charge on any atom is 0.252 e. The Kier molecular flexibility index (Phi) is 4.56. The van der Waals surface area contributed by atoms with Crippen LogP contribution in [0.3, 0.4) is 0 Å². The van der Waals surface area contributed by atoms with Gasteiger partial charge >= 0.3 is 0 Å². The molecule has 0 saturated heterocycles. The van der Waals surface area contributed by atoms with Crippen molar-refractivity contribution >= 4 is 11.7 Å². The second-order valence-electron chi connectivity index (χ2n) is 5.02. The summed E-state index contributed by atoms with van der Waals surface area (Å²) in [4.78, 5) is 15.7. The average Bonchev–Trinajstić information content (AvgIpc) is 2.40. The van der Waals surface area contributed by atoms with Gasteiger partial charge in [-0.15, -0.1) is 0 Å². The zero-order valence-corrected chi connectivity index (χ0v) is 10.7. The highest BCUT2D eigenvalue weighted by atomic mass is 16.1. The Morgan fingerprint density at radius 2 is 2.11 bits per heavy atom. The van der Waals surface area contributed by atoms with Crippen LogP contribution in [0.1, 0.15) is 48.9 Å². The summed E-state index contributed by atoms with van der Waals surface area (Å²) in [6, 6.07) is 3.36. The number of hydrogen-bond donors (Lipinski definition) is 2. The number of nitrogen functional groups attached to an aromatic ring is 1. The lowest BCUT2D eigenvalue weighted by molar-refractivity contribution is 0.0950. The molecule has 3 N–H and O–H groups in total. The van der Waals surface area contributed by atoms with Crippen molar-refractivity contribution in [1.29, 1.82) is 0 Å². The van der Waals surface area contributed by atoms with Gasteiger partial charge in [0, 0.05) is 12.7 Å². The number of carbonyl (C=O) groups excluding carboxylic acids is 1. The van der Waals surface area contributed by atoms with Crippen molar-refractivity contribution in [3.8, 4) is 0 Å². The van der Waals surface area contributed by atoms with E-state index in [1.54, 1.807) is 12.1 Å². The average molecular weight is 247 g/mol. The molecule has 1 amide bonds. The van der Waals surface area contributed by atoms with Crippen molar-refractivity contribution in [2.45, 2.75) is 38.5 Å². The van der Waals surface area contributed by atoms with Gasteiger partial charge in [-0.05, 0) is 24.5 Å². The van der Waals surface area contributed by atoms with E-state index in [0.717, 1.165) is 18.9 Å². The Hall–Kier alpha value is -1.58. The summed E-state index contributed by atoms with van der Waals surface area (Å²) in [6.45, 7) is 0.758. The summed E-state index contributed by atoms with van der Waals surface area (Å²) in [5, 5.41) is 2.95. The molecule has 0 unspecified atom stereocenters. The fraction of sp³-hybridized carbons (Fsp3) is 0.571. The van der Waals surface area contributed by atoms with Crippen LogP contribution in [0.15, 0.2) is 18.3 Å². The molecule has 0 aromatic carbocycles. The van der Waals surface area contributed by atoms with Gasteiger partial charge < -0.3 is 11.1 Å². The molecule has 1 aliphatic rings. The van der Waals surface area contributed by atoms with Crippen molar-refractivity contribution in [3.05, 3.63) is 23.9 Å². The highest BCUT2D eigenvalue weighted by Gasteiger charge is 2.13. The summed E-state index contributed by atoms with van der Waals surface area (Å²) in [6.07, 6.45) is 9.32. The number of anilines is 1. The topological polar surface area (TPSA) is 68.0 Å². The number of nitrogens with zero attached hydrogens (tertiary/aromatic N) is 1. The number of hydrogen-bond acceptors (Lipinski definition) is 3. The van der Waals surface area contributed by atoms with Crippen LogP contribution in [0.4, 0.5) is 5.82 Å². The first kappa shape index (κ1) is 12.9. The Labute approximate surface area is 108 Å². The fourth-order valence-corrected chi connectivity index (χ4v) is 2.51. The third kappa shape index (κ3) is 3.72. The zero-order valence-electron chi connectivity index (χ0n) is 10.7. The van der Waals surface area contributed by atoms with Gasteiger partial charge in [-0.3, -0.25) is 4.79 Å². The van der Waals surface area contributed by atoms with E-state index in [1.165, 1.54) is 38.3 Å². The fourth-order valence-electron chi connectivity index (χ4n) is 2.51. The number of rotatable bonds is 4. The summed E-state index contributed by atoms with van der Waals surface area (Å²) >= 11 is 0. The largest absolute Gasteiger partial charge is 0.384 e. The number of aromatic nitrogens is 1. The maximum absolute atomic E-state index is 11.8. The van der Waals surface area contributed by atoms with Crippen LogP contribution in [0.5, 0.6) is 0 Å². The van der Waals surface area contributed by atoms with Crippen molar-refractivity contribution < 1.29 is 4.79 Å². The van der Waals surface area contributed by atoms with E-state index >= 15 is 0 Å². The van der Waals surface area contributed by atoms with Crippen LogP contribution in [0.25, 0.3) is 0 Å². The van der Waals surface area contributed by atoms with E-state index in [4.69, 9.17) is 5.73 Å². The molecule has 4 heteroatoms. The van der Waals surface area contributed by atoms with E-state index in [9.17, 15) is 4.79 Å². The summed E-state index contributed by atoms with van der Waals surface area (Å²) in [7, 11) is 0. The van der Waals surface area contributed by atoms with Gasteiger partial charge in [0.2, 0.25) is 0 Å². The molecule has 1 saturated carbocycles. The third-order valence-electron chi connectivity index (χ3n) is 3.61. The van der Waals surface area contributed by atoms with E-state index in [1.807, 2.05) is 0 Å². The molecule has 98 valence electrons. The van der Waals surface area contributed by atoms with E-state index in [-0.39, 0.29) is 5.91 Å². The lowest BCUT2D eigenvalue weighted by atomic mass is 9.87. The molecule has 0 atom stereocenters. The van der Waals surface area contributed by atoms with Crippen molar-refractivity contribution in [2.75, 3.05) is 12.3 Å². The van der Waals surface area contributed by atoms with E-state index < -0.39 is 0 Å². The van der Waals surface area contributed by atoms with Crippen LogP contribution >= 0.6 is 0 Å². The summed E-state index contributed by atoms with van der Waals surface area (Å²) in [5.41, 5.74) is 6.06. The summed E-state index contributed by atoms with van der Waals surface area (Å²) in [5.74, 6) is 1.18. The Balaban J connectivity index is 1.72. The lowest BCUT2D eigenvalue weighted by Crippen LogP contribution is -2.26. The molecule has 0 spiro atoms. The van der Waals surface area contributed by atoms with Gasteiger partial charge in [-0.1, -0.05) is 32.1 Å². The molecule has 4 nitrogen and oxygen atoms in total. The predicted molar refractivity (Wildman–Crippen MR) is 72.2 cm³/mol.